The molecule has 0 radical (unpaired) electrons. The van der Waals surface area contributed by atoms with Crippen molar-refractivity contribution in [3.05, 3.63) is 17.7 Å². The average molecular weight is 483 g/mol. The third-order valence-corrected chi connectivity index (χ3v) is 6.50. The van der Waals surface area contributed by atoms with Crippen LogP contribution in [0.4, 0.5) is 31.1 Å². The van der Waals surface area contributed by atoms with Gasteiger partial charge in [0.05, 0.1) is 6.54 Å². The van der Waals surface area contributed by atoms with Crippen molar-refractivity contribution >= 4 is 12.0 Å². The minimum Gasteiger partial charge on any atom is -0.426 e. The molecule has 0 aliphatic carbocycles. The van der Waals surface area contributed by atoms with Gasteiger partial charge in [-0.3, -0.25) is 4.79 Å². The summed E-state index contributed by atoms with van der Waals surface area (Å²) in [6, 6.07) is 0. The fourth-order valence-electron chi connectivity index (χ4n) is 4.81. The number of hydrogen-bond acceptors (Lipinski definition) is 5. The van der Waals surface area contributed by atoms with E-state index in [-0.39, 0.29) is 31.8 Å². The summed E-state index contributed by atoms with van der Waals surface area (Å²) in [6.07, 6.45) is -13.9. The van der Waals surface area contributed by atoms with Crippen LogP contribution in [0.15, 0.2) is 6.20 Å². The van der Waals surface area contributed by atoms with Crippen LogP contribution in [0.5, 0.6) is 0 Å². The molecule has 3 aliphatic heterocycles. The van der Waals surface area contributed by atoms with Gasteiger partial charge in [0.1, 0.15) is 11.5 Å². The second-order valence-corrected chi connectivity index (χ2v) is 8.53. The Morgan fingerprint density at radius 2 is 1.70 bits per heavy atom. The lowest BCUT2D eigenvalue weighted by molar-refractivity contribution is -0.308. The molecule has 1 spiro atoms. The monoisotopic (exact) mass is 483 g/mol. The maximum Gasteiger partial charge on any atom is 0.434 e. The SMILES string of the molecule is O=C(OC(C(F)(F)F)C(F)(F)F)N1CCC2(CCCN2C(=O)c2cn3c(n2)CNCC3)CC1. The number of carbonyl (C=O) groups is 2. The molecule has 1 aromatic heterocycles. The van der Waals surface area contributed by atoms with E-state index in [1.54, 1.807) is 11.1 Å². The minimum absolute atomic E-state index is 0.116. The van der Waals surface area contributed by atoms with Crippen molar-refractivity contribution < 1.29 is 40.7 Å². The van der Waals surface area contributed by atoms with E-state index in [0.29, 0.717) is 38.2 Å². The first-order chi connectivity index (χ1) is 15.4. The predicted molar refractivity (Wildman–Crippen MR) is 100 cm³/mol. The quantitative estimate of drug-likeness (QED) is 0.655. The Labute approximate surface area is 184 Å². The Morgan fingerprint density at radius 1 is 1.03 bits per heavy atom. The number of nitrogens with zero attached hydrogens (tertiary/aromatic N) is 4. The zero-order valence-electron chi connectivity index (χ0n) is 17.5. The highest BCUT2D eigenvalue weighted by Gasteiger charge is 2.60. The van der Waals surface area contributed by atoms with Crippen molar-refractivity contribution in [1.82, 2.24) is 24.7 Å². The number of imidazole rings is 1. The van der Waals surface area contributed by atoms with Gasteiger partial charge in [0.25, 0.3) is 12.0 Å². The predicted octanol–water partition coefficient (Wildman–Crippen LogP) is 2.69. The lowest BCUT2D eigenvalue weighted by atomic mass is 9.85. The molecule has 2 saturated heterocycles. The maximum atomic E-state index is 13.2. The molecule has 1 aromatic rings. The molecule has 14 heteroatoms. The van der Waals surface area contributed by atoms with E-state index in [4.69, 9.17) is 0 Å². The molecule has 0 bridgehead atoms. The molecular weight excluding hydrogens is 460 g/mol. The molecule has 4 rings (SSSR count). The molecule has 0 aromatic carbocycles. The van der Waals surface area contributed by atoms with E-state index in [0.717, 1.165) is 17.3 Å². The standard InChI is InChI=1S/C19H23F6N5O3/c20-18(21,22)15(19(23,24)25)33-16(32)28-7-3-17(4-8-28)2-1-6-30(17)14(31)12-11-29-9-5-26-10-13(29)27-12/h11,15,26H,1-10H2. The summed E-state index contributed by atoms with van der Waals surface area (Å²) in [5.41, 5.74) is -0.320. The highest BCUT2D eigenvalue weighted by molar-refractivity contribution is 5.93. The van der Waals surface area contributed by atoms with Crippen LogP contribution in [0.2, 0.25) is 0 Å². The fraction of sp³-hybridized carbons (Fsp3) is 0.737. The summed E-state index contributed by atoms with van der Waals surface area (Å²) in [5.74, 6) is 0.485. The molecule has 33 heavy (non-hydrogen) atoms. The van der Waals surface area contributed by atoms with Crippen LogP contribution in [0, 0.1) is 0 Å². The van der Waals surface area contributed by atoms with Gasteiger partial charge in [0.15, 0.2) is 0 Å². The van der Waals surface area contributed by atoms with E-state index in [1.165, 1.54) is 0 Å². The maximum absolute atomic E-state index is 13.2. The number of rotatable bonds is 2. The van der Waals surface area contributed by atoms with Gasteiger partial charge in [0, 0.05) is 44.5 Å². The third kappa shape index (κ3) is 4.62. The summed E-state index contributed by atoms with van der Waals surface area (Å²) in [5, 5.41) is 3.17. The number of carbonyl (C=O) groups excluding carboxylic acids is 2. The van der Waals surface area contributed by atoms with E-state index in [1.807, 2.05) is 4.57 Å². The number of nitrogens with one attached hydrogen (secondary N) is 1. The summed E-state index contributed by atoms with van der Waals surface area (Å²) in [6.45, 7) is 2.23. The van der Waals surface area contributed by atoms with Crippen molar-refractivity contribution in [3.63, 3.8) is 0 Å². The summed E-state index contributed by atoms with van der Waals surface area (Å²) >= 11 is 0. The molecular formula is C19H23F6N5O3. The minimum atomic E-state index is -5.77. The van der Waals surface area contributed by atoms with Crippen molar-refractivity contribution in [2.24, 2.45) is 0 Å². The van der Waals surface area contributed by atoms with Crippen molar-refractivity contribution in [2.45, 2.75) is 62.8 Å². The highest BCUT2D eigenvalue weighted by Crippen LogP contribution is 2.40. The van der Waals surface area contributed by atoms with Gasteiger partial charge >= 0.3 is 18.4 Å². The van der Waals surface area contributed by atoms with Crippen molar-refractivity contribution in [3.8, 4) is 0 Å². The molecule has 8 nitrogen and oxygen atoms in total. The topological polar surface area (TPSA) is 79.7 Å². The van der Waals surface area contributed by atoms with Gasteiger partial charge in [-0.25, -0.2) is 9.78 Å². The Kier molecular flexibility index (Phi) is 5.99. The van der Waals surface area contributed by atoms with E-state index in [2.05, 4.69) is 15.0 Å². The zero-order valence-corrected chi connectivity index (χ0v) is 17.5. The molecule has 4 heterocycles. The normalized spacial score (nSPS) is 20.9. The lowest BCUT2D eigenvalue weighted by Gasteiger charge is -2.44. The first-order valence-corrected chi connectivity index (χ1v) is 10.6. The first-order valence-electron chi connectivity index (χ1n) is 10.6. The molecule has 0 unspecified atom stereocenters. The highest BCUT2D eigenvalue weighted by atomic mass is 19.4. The number of aromatic nitrogens is 2. The first kappa shape index (κ1) is 23.6. The van der Waals surface area contributed by atoms with Crippen LogP contribution in [-0.4, -0.2) is 81.5 Å². The van der Waals surface area contributed by atoms with Gasteiger partial charge in [0.2, 0.25) is 0 Å². The molecule has 0 atom stereocenters. The number of ether oxygens (including phenoxy) is 1. The van der Waals surface area contributed by atoms with Crippen LogP contribution in [0.3, 0.4) is 0 Å². The number of alkyl halides is 6. The number of fused-ring (bicyclic) bond motifs is 1. The molecule has 184 valence electrons. The van der Waals surface area contributed by atoms with Crippen LogP contribution in [0.1, 0.15) is 42.0 Å². The lowest BCUT2D eigenvalue weighted by Crippen LogP contribution is -2.56. The molecule has 3 aliphatic rings. The zero-order chi connectivity index (χ0) is 24.0. The van der Waals surface area contributed by atoms with Gasteiger partial charge < -0.3 is 24.4 Å². The number of halogens is 6. The van der Waals surface area contributed by atoms with Gasteiger partial charge in [-0.1, -0.05) is 0 Å². The number of hydrogen-bond donors (Lipinski definition) is 1. The van der Waals surface area contributed by atoms with Crippen molar-refractivity contribution in [1.29, 1.82) is 0 Å². The smallest absolute Gasteiger partial charge is 0.426 e. The Morgan fingerprint density at radius 3 is 2.30 bits per heavy atom. The second-order valence-electron chi connectivity index (χ2n) is 8.53. The van der Waals surface area contributed by atoms with E-state index >= 15 is 0 Å². The fourth-order valence-corrected chi connectivity index (χ4v) is 4.81. The Hall–Kier alpha value is -2.51. The van der Waals surface area contributed by atoms with Crippen LogP contribution in [0.25, 0.3) is 0 Å². The van der Waals surface area contributed by atoms with Crippen LogP contribution < -0.4 is 5.32 Å². The Bertz CT molecular complexity index is 869. The summed E-state index contributed by atoms with van der Waals surface area (Å²) in [4.78, 5) is 32.2. The molecule has 1 N–H and O–H groups in total. The largest absolute Gasteiger partial charge is 0.434 e. The van der Waals surface area contributed by atoms with Gasteiger partial charge in [-0.2, -0.15) is 26.3 Å². The van der Waals surface area contributed by atoms with E-state index < -0.39 is 30.1 Å². The number of likely N-dealkylation sites (tertiary alicyclic amines) is 2. The Balaban J connectivity index is 1.42. The van der Waals surface area contributed by atoms with Crippen LogP contribution >= 0.6 is 0 Å². The molecule has 2 fully saturated rings. The van der Waals surface area contributed by atoms with Gasteiger partial charge in [-0.15, -0.1) is 0 Å². The van der Waals surface area contributed by atoms with E-state index in [9.17, 15) is 35.9 Å². The van der Waals surface area contributed by atoms with Crippen LogP contribution in [-0.2, 0) is 17.8 Å². The summed E-state index contributed by atoms with van der Waals surface area (Å²) < 4.78 is 81.9. The van der Waals surface area contributed by atoms with Gasteiger partial charge in [-0.05, 0) is 25.7 Å². The molecule has 2 amide bonds. The van der Waals surface area contributed by atoms with Crippen molar-refractivity contribution in [2.75, 3.05) is 26.2 Å². The summed E-state index contributed by atoms with van der Waals surface area (Å²) in [7, 11) is 0. The third-order valence-electron chi connectivity index (χ3n) is 6.50. The second kappa shape index (κ2) is 8.37. The molecule has 0 saturated carbocycles. The average Bonchev–Trinajstić information content (AvgIpc) is 3.34. The number of amides is 2. The number of piperidine rings is 1.